The Morgan fingerprint density at radius 2 is 1.92 bits per heavy atom. The summed E-state index contributed by atoms with van der Waals surface area (Å²) in [6.45, 7) is 4.27. The van der Waals surface area contributed by atoms with Gasteiger partial charge in [0.1, 0.15) is 0 Å². The van der Waals surface area contributed by atoms with Crippen LogP contribution in [0.1, 0.15) is 39.5 Å². The molecule has 1 aliphatic carbocycles. The highest BCUT2D eigenvalue weighted by molar-refractivity contribution is 8.00. The largest absolute Gasteiger partial charge is 0.197 e. The van der Waals surface area contributed by atoms with E-state index in [1.807, 2.05) is 11.8 Å². The van der Waals surface area contributed by atoms with Gasteiger partial charge in [0.25, 0.3) is 0 Å². The molecule has 0 amide bonds. The van der Waals surface area contributed by atoms with Gasteiger partial charge in [-0.25, -0.2) is 0 Å². The zero-order chi connectivity index (χ0) is 8.97. The van der Waals surface area contributed by atoms with Crippen LogP contribution in [0.4, 0.5) is 0 Å². The molecule has 1 unspecified atom stereocenters. The first kappa shape index (κ1) is 9.92. The maximum atomic E-state index is 8.89. The Morgan fingerprint density at radius 1 is 1.33 bits per heavy atom. The summed E-state index contributed by atoms with van der Waals surface area (Å²) in [6, 6.07) is 2.39. The molecule has 1 nitrogen and oxygen atoms in total. The lowest BCUT2D eigenvalue weighted by Crippen LogP contribution is -2.12. The van der Waals surface area contributed by atoms with Gasteiger partial charge in [0.2, 0.25) is 0 Å². The summed E-state index contributed by atoms with van der Waals surface area (Å²) >= 11 is 1.90. The average Bonchev–Trinajstić information content (AvgIpc) is 2.51. The highest BCUT2D eigenvalue weighted by Crippen LogP contribution is 2.34. The maximum Gasteiger partial charge on any atom is 0.0942 e. The Kier molecular flexibility index (Phi) is 3.94. The van der Waals surface area contributed by atoms with Crippen LogP contribution in [0, 0.1) is 17.2 Å². The molecule has 1 fully saturated rings. The molecule has 68 valence electrons. The van der Waals surface area contributed by atoms with Gasteiger partial charge in [-0.3, -0.25) is 0 Å². The molecule has 0 heterocycles. The second-order valence-corrected chi connectivity index (χ2v) is 5.28. The van der Waals surface area contributed by atoms with Crippen LogP contribution in [-0.4, -0.2) is 10.5 Å². The molecular formula is C10H17NS. The highest BCUT2D eigenvalue weighted by atomic mass is 32.2. The first-order valence-electron chi connectivity index (χ1n) is 4.79. The van der Waals surface area contributed by atoms with Crippen molar-refractivity contribution in [2.24, 2.45) is 5.92 Å². The monoisotopic (exact) mass is 183 g/mol. The fourth-order valence-electron chi connectivity index (χ4n) is 1.57. The van der Waals surface area contributed by atoms with E-state index < -0.39 is 0 Å². The van der Waals surface area contributed by atoms with Crippen molar-refractivity contribution >= 4 is 11.8 Å². The molecular weight excluding hydrogens is 166 g/mol. The SMILES string of the molecule is CC(C)C(C#N)SC1CCCC1. The van der Waals surface area contributed by atoms with E-state index >= 15 is 0 Å². The van der Waals surface area contributed by atoms with Gasteiger partial charge >= 0.3 is 0 Å². The Hall–Kier alpha value is -0.160. The van der Waals surface area contributed by atoms with E-state index in [0.29, 0.717) is 5.92 Å². The summed E-state index contributed by atoms with van der Waals surface area (Å²) < 4.78 is 0. The summed E-state index contributed by atoms with van der Waals surface area (Å²) in [7, 11) is 0. The van der Waals surface area contributed by atoms with Crippen LogP contribution < -0.4 is 0 Å². The lowest BCUT2D eigenvalue weighted by atomic mass is 10.1. The van der Waals surface area contributed by atoms with Crippen molar-refractivity contribution in [2.75, 3.05) is 0 Å². The third-order valence-corrected chi connectivity index (χ3v) is 4.17. The second kappa shape index (κ2) is 4.77. The van der Waals surface area contributed by atoms with Gasteiger partial charge in [-0.1, -0.05) is 26.7 Å². The smallest absolute Gasteiger partial charge is 0.0942 e. The Balaban J connectivity index is 2.32. The van der Waals surface area contributed by atoms with Gasteiger partial charge in [-0.05, 0) is 18.8 Å². The maximum absolute atomic E-state index is 8.89. The molecule has 1 aliphatic rings. The zero-order valence-electron chi connectivity index (χ0n) is 7.92. The van der Waals surface area contributed by atoms with Gasteiger partial charge in [-0.15, -0.1) is 11.8 Å². The number of thioether (sulfide) groups is 1. The molecule has 0 saturated heterocycles. The van der Waals surface area contributed by atoms with Crippen LogP contribution in [0.3, 0.4) is 0 Å². The fourth-order valence-corrected chi connectivity index (χ4v) is 2.96. The van der Waals surface area contributed by atoms with E-state index in [0.717, 1.165) is 5.25 Å². The predicted molar refractivity (Wildman–Crippen MR) is 54.1 cm³/mol. The summed E-state index contributed by atoms with van der Waals surface area (Å²) in [5.74, 6) is 0.501. The predicted octanol–water partition coefficient (Wildman–Crippen LogP) is 3.21. The third kappa shape index (κ3) is 2.71. The fraction of sp³-hybridized carbons (Fsp3) is 0.900. The molecule has 0 N–H and O–H groups in total. The van der Waals surface area contributed by atoms with Gasteiger partial charge in [0.05, 0.1) is 11.3 Å². The molecule has 0 aromatic carbocycles. The van der Waals surface area contributed by atoms with Crippen LogP contribution in [0.15, 0.2) is 0 Å². The zero-order valence-corrected chi connectivity index (χ0v) is 8.73. The molecule has 0 bridgehead atoms. The van der Waals surface area contributed by atoms with Crippen LogP contribution in [0.5, 0.6) is 0 Å². The van der Waals surface area contributed by atoms with Crippen molar-refractivity contribution in [2.45, 2.75) is 50.0 Å². The molecule has 1 atom stereocenters. The van der Waals surface area contributed by atoms with Gasteiger partial charge in [0.15, 0.2) is 0 Å². The van der Waals surface area contributed by atoms with E-state index in [1.54, 1.807) is 0 Å². The van der Waals surface area contributed by atoms with E-state index in [-0.39, 0.29) is 5.25 Å². The van der Waals surface area contributed by atoms with E-state index in [9.17, 15) is 0 Å². The first-order valence-corrected chi connectivity index (χ1v) is 5.73. The van der Waals surface area contributed by atoms with Crippen molar-refractivity contribution < 1.29 is 0 Å². The third-order valence-electron chi connectivity index (χ3n) is 2.37. The number of hydrogen-bond donors (Lipinski definition) is 0. The summed E-state index contributed by atoms with van der Waals surface area (Å²) in [4.78, 5) is 0. The van der Waals surface area contributed by atoms with Crippen molar-refractivity contribution in [3.05, 3.63) is 0 Å². The Labute approximate surface area is 79.5 Å². The van der Waals surface area contributed by atoms with E-state index in [1.165, 1.54) is 25.7 Å². The lowest BCUT2D eigenvalue weighted by molar-refractivity contribution is 0.680. The molecule has 0 radical (unpaired) electrons. The van der Waals surface area contributed by atoms with Crippen molar-refractivity contribution in [1.29, 1.82) is 5.26 Å². The Bertz CT molecular complexity index is 165. The molecule has 0 aromatic heterocycles. The van der Waals surface area contributed by atoms with Crippen LogP contribution in [0.25, 0.3) is 0 Å². The molecule has 2 heteroatoms. The lowest BCUT2D eigenvalue weighted by Gasteiger charge is -2.16. The number of rotatable bonds is 3. The Morgan fingerprint density at radius 3 is 2.33 bits per heavy atom. The molecule has 12 heavy (non-hydrogen) atoms. The molecule has 0 spiro atoms. The standard InChI is InChI=1S/C10H17NS/c1-8(2)10(7-11)12-9-5-3-4-6-9/h8-10H,3-6H2,1-2H3. The van der Waals surface area contributed by atoms with Gasteiger partial charge in [-0.2, -0.15) is 5.26 Å². The molecule has 0 aliphatic heterocycles. The van der Waals surface area contributed by atoms with Crippen molar-refractivity contribution in [3.63, 3.8) is 0 Å². The minimum atomic E-state index is 0.216. The number of hydrogen-bond acceptors (Lipinski definition) is 2. The first-order chi connectivity index (χ1) is 5.74. The summed E-state index contributed by atoms with van der Waals surface area (Å²) in [5.41, 5.74) is 0. The molecule has 1 rings (SSSR count). The minimum Gasteiger partial charge on any atom is -0.197 e. The number of nitrogens with zero attached hydrogens (tertiary/aromatic N) is 1. The van der Waals surface area contributed by atoms with Crippen molar-refractivity contribution in [1.82, 2.24) is 0 Å². The van der Waals surface area contributed by atoms with Crippen LogP contribution in [-0.2, 0) is 0 Å². The van der Waals surface area contributed by atoms with Crippen LogP contribution >= 0.6 is 11.8 Å². The second-order valence-electron chi connectivity index (χ2n) is 3.84. The molecule has 0 aromatic rings. The normalized spacial score (nSPS) is 21.2. The van der Waals surface area contributed by atoms with E-state index in [2.05, 4.69) is 19.9 Å². The van der Waals surface area contributed by atoms with Crippen molar-refractivity contribution in [3.8, 4) is 6.07 Å². The minimum absolute atomic E-state index is 0.216. The van der Waals surface area contributed by atoms with E-state index in [4.69, 9.17) is 5.26 Å². The van der Waals surface area contributed by atoms with Gasteiger partial charge < -0.3 is 0 Å². The average molecular weight is 183 g/mol. The van der Waals surface area contributed by atoms with Gasteiger partial charge in [0, 0.05) is 5.25 Å². The highest BCUT2D eigenvalue weighted by Gasteiger charge is 2.22. The summed E-state index contributed by atoms with van der Waals surface area (Å²) in [6.07, 6.45) is 5.40. The quantitative estimate of drug-likeness (QED) is 0.671. The summed E-state index contributed by atoms with van der Waals surface area (Å²) in [5, 5.41) is 9.88. The topological polar surface area (TPSA) is 23.8 Å². The molecule has 1 saturated carbocycles. The van der Waals surface area contributed by atoms with Crippen LogP contribution in [0.2, 0.25) is 0 Å². The number of nitriles is 1.